The first kappa shape index (κ1) is 14.7. The zero-order valence-electron chi connectivity index (χ0n) is 10.9. The number of pyridine rings is 2. The van der Waals surface area contributed by atoms with Crippen LogP contribution in [0.15, 0.2) is 30.6 Å². The van der Waals surface area contributed by atoms with Crippen LogP contribution in [0.5, 0.6) is 0 Å². The van der Waals surface area contributed by atoms with Crippen molar-refractivity contribution in [2.24, 2.45) is 0 Å². The van der Waals surface area contributed by atoms with Crippen LogP contribution >= 0.6 is 0 Å². The summed E-state index contributed by atoms with van der Waals surface area (Å²) in [5.41, 5.74) is 1.18. The van der Waals surface area contributed by atoms with Crippen LogP contribution in [0, 0.1) is 23.0 Å². The third-order valence-corrected chi connectivity index (χ3v) is 2.20. The summed E-state index contributed by atoms with van der Waals surface area (Å²) in [4.78, 5) is 17.8. The Labute approximate surface area is 110 Å². The first-order valence-corrected chi connectivity index (χ1v) is 5.81. The Bertz CT molecular complexity index is 571. The van der Waals surface area contributed by atoms with E-state index >= 15 is 0 Å². The average Bonchev–Trinajstić information content (AvgIpc) is 2.42. The molecule has 0 atom stereocenters. The molecule has 0 aliphatic rings. The number of nitro groups is 1. The van der Waals surface area contributed by atoms with E-state index in [9.17, 15) is 14.5 Å². The van der Waals surface area contributed by atoms with Crippen LogP contribution in [0.25, 0.3) is 11.3 Å². The van der Waals surface area contributed by atoms with E-state index in [-0.39, 0.29) is 11.4 Å². The van der Waals surface area contributed by atoms with Gasteiger partial charge in [-0.3, -0.25) is 10.1 Å². The minimum absolute atomic E-state index is 0.113. The van der Waals surface area contributed by atoms with Crippen LogP contribution in [-0.2, 0) is 0 Å². The molecule has 0 spiro atoms. The van der Waals surface area contributed by atoms with Gasteiger partial charge in [-0.2, -0.15) is 4.39 Å². The number of halogens is 1. The zero-order chi connectivity index (χ0) is 14.4. The molecule has 5 nitrogen and oxygen atoms in total. The van der Waals surface area contributed by atoms with Gasteiger partial charge in [0, 0.05) is 24.0 Å². The minimum Gasteiger partial charge on any atom is -0.258 e. The van der Waals surface area contributed by atoms with Gasteiger partial charge in [0.1, 0.15) is 5.69 Å². The maximum absolute atomic E-state index is 12.7. The quantitative estimate of drug-likeness (QED) is 0.472. The number of hydrogen-bond acceptors (Lipinski definition) is 4. The highest BCUT2D eigenvalue weighted by molar-refractivity contribution is 5.68. The second-order valence-electron chi connectivity index (χ2n) is 3.51. The molecule has 0 aromatic carbocycles. The van der Waals surface area contributed by atoms with E-state index in [1.807, 2.05) is 13.8 Å². The first-order chi connectivity index (χ1) is 9.08. The lowest BCUT2D eigenvalue weighted by Gasteiger charge is -2.02. The third-order valence-electron chi connectivity index (χ3n) is 2.20. The SMILES string of the molecule is CC.Cc1cnc(-c2ccc(F)nc2)c([N+](=O)[O-])c1. The molecule has 6 heteroatoms. The summed E-state index contributed by atoms with van der Waals surface area (Å²) in [6, 6.07) is 3.97. The van der Waals surface area contributed by atoms with Gasteiger partial charge in [-0.05, 0) is 24.6 Å². The lowest BCUT2D eigenvalue weighted by molar-refractivity contribution is -0.384. The van der Waals surface area contributed by atoms with Gasteiger partial charge >= 0.3 is 0 Å². The van der Waals surface area contributed by atoms with Crippen molar-refractivity contribution in [2.45, 2.75) is 20.8 Å². The Balaban J connectivity index is 0.000000861. The molecule has 100 valence electrons. The lowest BCUT2D eigenvalue weighted by atomic mass is 10.1. The van der Waals surface area contributed by atoms with E-state index in [0.29, 0.717) is 11.1 Å². The van der Waals surface area contributed by atoms with Gasteiger partial charge in [-0.15, -0.1) is 0 Å². The molecule has 19 heavy (non-hydrogen) atoms. The molecular formula is C13H14FN3O2. The maximum atomic E-state index is 12.7. The first-order valence-electron chi connectivity index (χ1n) is 5.81. The standard InChI is InChI=1S/C11H8FN3O2.C2H6/c1-7-4-9(15(16)17)11(14-5-7)8-2-3-10(12)13-6-8;1-2/h2-6H,1H3;1-2H3. The second-order valence-corrected chi connectivity index (χ2v) is 3.51. The van der Waals surface area contributed by atoms with Gasteiger partial charge in [-0.1, -0.05) is 13.8 Å². The highest BCUT2D eigenvalue weighted by Crippen LogP contribution is 2.27. The van der Waals surface area contributed by atoms with Gasteiger partial charge < -0.3 is 0 Å². The average molecular weight is 263 g/mol. The van der Waals surface area contributed by atoms with Gasteiger partial charge in [0.15, 0.2) is 0 Å². The summed E-state index contributed by atoms with van der Waals surface area (Å²) in [6.45, 7) is 5.71. The molecule has 0 saturated carbocycles. The predicted octanol–water partition coefficient (Wildman–Crippen LogP) is 3.53. The molecule has 0 unspecified atom stereocenters. The monoisotopic (exact) mass is 263 g/mol. The molecule has 0 saturated heterocycles. The number of aromatic nitrogens is 2. The van der Waals surface area contributed by atoms with Gasteiger partial charge in [0.2, 0.25) is 5.95 Å². The van der Waals surface area contributed by atoms with Crippen LogP contribution in [0.3, 0.4) is 0 Å². The second kappa shape index (κ2) is 6.53. The molecule has 0 N–H and O–H groups in total. The molecule has 2 aromatic rings. The van der Waals surface area contributed by atoms with Crippen molar-refractivity contribution in [1.29, 1.82) is 0 Å². The third kappa shape index (κ3) is 3.54. The Morgan fingerprint density at radius 3 is 2.42 bits per heavy atom. The van der Waals surface area contributed by atoms with E-state index in [0.717, 1.165) is 6.07 Å². The number of rotatable bonds is 2. The highest BCUT2D eigenvalue weighted by atomic mass is 19.1. The maximum Gasteiger partial charge on any atom is 0.295 e. The van der Waals surface area contributed by atoms with Crippen molar-refractivity contribution in [3.05, 3.63) is 52.2 Å². The van der Waals surface area contributed by atoms with Crippen molar-refractivity contribution >= 4 is 5.69 Å². The molecule has 2 heterocycles. The molecule has 0 amide bonds. The van der Waals surface area contributed by atoms with Crippen molar-refractivity contribution in [2.75, 3.05) is 0 Å². The minimum atomic E-state index is -0.636. The predicted molar refractivity (Wildman–Crippen MR) is 70.2 cm³/mol. The molecule has 0 bridgehead atoms. The Morgan fingerprint density at radius 1 is 1.21 bits per heavy atom. The molecule has 2 aromatic heterocycles. The van der Waals surface area contributed by atoms with Crippen molar-refractivity contribution in [3.63, 3.8) is 0 Å². The van der Waals surface area contributed by atoms with Crippen LogP contribution < -0.4 is 0 Å². The highest BCUT2D eigenvalue weighted by Gasteiger charge is 2.17. The molecule has 2 rings (SSSR count). The van der Waals surface area contributed by atoms with Crippen molar-refractivity contribution < 1.29 is 9.31 Å². The zero-order valence-corrected chi connectivity index (χ0v) is 10.9. The fraction of sp³-hybridized carbons (Fsp3) is 0.231. The van der Waals surface area contributed by atoms with E-state index in [2.05, 4.69) is 9.97 Å². The van der Waals surface area contributed by atoms with E-state index in [1.165, 1.54) is 24.5 Å². The van der Waals surface area contributed by atoms with E-state index in [1.54, 1.807) is 6.92 Å². The van der Waals surface area contributed by atoms with Crippen molar-refractivity contribution in [3.8, 4) is 11.3 Å². The van der Waals surface area contributed by atoms with Crippen molar-refractivity contribution in [1.82, 2.24) is 9.97 Å². The van der Waals surface area contributed by atoms with Crippen LogP contribution in [0.4, 0.5) is 10.1 Å². The van der Waals surface area contributed by atoms with Crippen LogP contribution in [0.2, 0.25) is 0 Å². The summed E-state index contributed by atoms with van der Waals surface area (Å²) in [5.74, 6) is -0.636. The molecule has 0 aliphatic heterocycles. The fourth-order valence-electron chi connectivity index (χ4n) is 1.43. The van der Waals surface area contributed by atoms with Gasteiger partial charge in [-0.25, -0.2) is 9.97 Å². The normalized spacial score (nSPS) is 9.47. The Kier molecular flexibility index (Phi) is 5.05. The Morgan fingerprint density at radius 2 is 1.89 bits per heavy atom. The number of hydrogen-bond donors (Lipinski definition) is 0. The van der Waals surface area contributed by atoms with E-state index < -0.39 is 10.9 Å². The molecular weight excluding hydrogens is 249 g/mol. The summed E-state index contributed by atoms with van der Waals surface area (Å²) in [7, 11) is 0. The number of aryl methyl sites for hydroxylation is 1. The largest absolute Gasteiger partial charge is 0.295 e. The lowest BCUT2D eigenvalue weighted by Crippen LogP contribution is -1.96. The number of nitrogens with zero attached hydrogens (tertiary/aromatic N) is 3. The fourth-order valence-corrected chi connectivity index (χ4v) is 1.43. The van der Waals surface area contributed by atoms with Gasteiger partial charge in [0.25, 0.3) is 5.69 Å². The topological polar surface area (TPSA) is 68.9 Å². The molecule has 0 radical (unpaired) electrons. The van der Waals surface area contributed by atoms with Crippen LogP contribution in [-0.4, -0.2) is 14.9 Å². The summed E-state index contributed by atoms with van der Waals surface area (Å²) < 4.78 is 12.7. The summed E-state index contributed by atoms with van der Waals surface area (Å²) >= 11 is 0. The Hall–Kier alpha value is -2.37. The van der Waals surface area contributed by atoms with Gasteiger partial charge in [0.05, 0.1) is 4.92 Å². The van der Waals surface area contributed by atoms with Crippen LogP contribution in [0.1, 0.15) is 19.4 Å². The van der Waals surface area contributed by atoms with E-state index in [4.69, 9.17) is 0 Å². The molecule has 0 fully saturated rings. The smallest absolute Gasteiger partial charge is 0.258 e. The summed E-state index contributed by atoms with van der Waals surface area (Å²) in [6.07, 6.45) is 2.74. The summed E-state index contributed by atoms with van der Waals surface area (Å²) in [5, 5.41) is 10.9. The molecule has 0 aliphatic carbocycles.